The number of pyridine rings is 1. The first-order chi connectivity index (χ1) is 10.1. The van der Waals surface area contributed by atoms with E-state index in [1.165, 1.54) is 0 Å². The van der Waals surface area contributed by atoms with Gasteiger partial charge in [-0.25, -0.2) is 0 Å². The molecule has 0 bridgehead atoms. The van der Waals surface area contributed by atoms with Crippen LogP contribution in [0.5, 0.6) is 0 Å². The van der Waals surface area contributed by atoms with E-state index in [1.54, 1.807) is 18.3 Å². The van der Waals surface area contributed by atoms with E-state index >= 15 is 0 Å². The highest BCUT2D eigenvalue weighted by atomic mass is 35.5. The van der Waals surface area contributed by atoms with Crippen LogP contribution in [0.1, 0.15) is 36.0 Å². The fourth-order valence-electron chi connectivity index (χ4n) is 2.85. The average molecular weight is 305 g/mol. The van der Waals surface area contributed by atoms with Crippen molar-refractivity contribution in [1.82, 2.24) is 10.3 Å². The molecule has 2 unspecified atom stereocenters. The molecule has 0 spiro atoms. The van der Waals surface area contributed by atoms with E-state index in [9.17, 15) is 9.90 Å². The number of aliphatic hydroxyl groups is 1. The van der Waals surface area contributed by atoms with Gasteiger partial charge in [0.05, 0.1) is 23.2 Å². The Labute approximate surface area is 128 Å². The molecule has 21 heavy (non-hydrogen) atoms. The van der Waals surface area contributed by atoms with Gasteiger partial charge in [0, 0.05) is 16.6 Å². The van der Waals surface area contributed by atoms with E-state index in [0.717, 1.165) is 31.1 Å². The van der Waals surface area contributed by atoms with Gasteiger partial charge in [0.15, 0.2) is 0 Å². The number of aliphatic hydroxyl groups excluding tert-OH is 1. The van der Waals surface area contributed by atoms with Gasteiger partial charge in [-0.05, 0) is 31.0 Å². The molecule has 2 atom stereocenters. The number of carbonyl (C=O) groups excluding carboxylic acids is 1. The van der Waals surface area contributed by atoms with Crippen molar-refractivity contribution < 1.29 is 9.90 Å². The number of halogens is 1. The van der Waals surface area contributed by atoms with Crippen molar-refractivity contribution in [2.24, 2.45) is 0 Å². The van der Waals surface area contributed by atoms with Crippen LogP contribution in [0.15, 0.2) is 30.5 Å². The number of rotatable bonds is 2. The van der Waals surface area contributed by atoms with Crippen LogP contribution in [-0.4, -0.2) is 28.1 Å². The first-order valence-corrected chi connectivity index (χ1v) is 7.56. The summed E-state index contributed by atoms with van der Waals surface area (Å²) >= 11 is 6.08. The number of benzene rings is 1. The molecular formula is C16H17ClN2O2. The Morgan fingerprint density at radius 1 is 1.33 bits per heavy atom. The number of aromatic nitrogens is 1. The summed E-state index contributed by atoms with van der Waals surface area (Å²) in [4.78, 5) is 16.8. The largest absolute Gasteiger partial charge is 0.391 e. The topological polar surface area (TPSA) is 62.2 Å². The fraction of sp³-hybridized carbons (Fsp3) is 0.375. The number of hydrogen-bond donors (Lipinski definition) is 2. The predicted molar refractivity (Wildman–Crippen MR) is 82.5 cm³/mol. The number of fused-ring (bicyclic) bond motifs is 1. The molecule has 0 radical (unpaired) electrons. The first-order valence-electron chi connectivity index (χ1n) is 7.18. The Hall–Kier alpha value is -1.65. The minimum atomic E-state index is -0.471. The molecule has 0 aliphatic heterocycles. The van der Waals surface area contributed by atoms with Gasteiger partial charge in [-0.3, -0.25) is 9.78 Å². The lowest BCUT2D eigenvalue weighted by atomic mass is 9.92. The maximum atomic E-state index is 12.5. The number of nitrogens with zero attached hydrogens (tertiary/aromatic N) is 1. The SMILES string of the molecule is O=C(NC1CCCCC1O)c1cc(Cl)cc2cccnc12. The van der Waals surface area contributed by atoms with Gasteiger partial charge in [-0.1, -0.05) is 30.5 Å². The van der Waals surface area contributed by atoms with Crippen LogP contribution in [0.4, 0.5) is 0 Å². The summed E-state index contributed by atoms with van der Waals surface area (Å²) in [6, 6.07) is 6.91. The molecule has 3 rings (SSSR count). The molecular weight excluding hydrogens is 288 g/mol. The lowest BCUT2D eigenvalue weighted by Gasteiger charge is -2.28. The highest BCUT2D eigenvalue weighted by Gasteiger charge is 2.25. The third-order valence-electron chi connectivity index (χ3n) is 3.96. The van der Waals surface area contributed by atoms with Crippen LogP contribution < -0.4 is 5.32 Å². The molecule has 1 heterocycles. The molecule has 1 aromatic heterocycles. The lowest BCUT2D eigenvalue weighted by molar-refractivity contribution is 0.0718. The maximum Gasteiger partial charge on any atom is 0.253 e. The molecule has 2 aromatic rings. The first kappa shape index (κ1) is 14.3. The van der Waals surface area contributed by atoms with Crippen molar-refractivity contribution in [3.05, 3.63) is 41.0 Å². The van der Waals surface area contributed by atoms with Crippen molar-refractivity contribution in [2.75, 3.05) is 0 Å². The van der Waals surface area contributed by atoms with Crippen LogP contribution >= 0.6 is 11.6 Å². The zero-order chi connectivity index (χ0) is 14.8. The Bertz CT molecular complexity index is 674. The minimum absolute atomic E-state index is 0.191. The molecule has 0 saturated heterocycles. The van der Waals surface area contributed by atoms with E-state index in [1.807, 2.05) is 12.1 Å². The van der Waals surface area contributed by atoms with Crippen molar-refractivity contribution in [3.8, 4) is 0 Å². The van der Waals surface area contributed by atoms with Gasteiger partial charge >= 0.3 is 0 Å². The predicted octanol–water partition coefficient (Wildman–Crippen LogP) is 2.92. The summed E-state index contributed by atoms with van der Waals surface area (Å²) < 4.78 is 0. The molecule has 1 amide bonds. The molecule has 2 N–H and O–H groups in total. The highest BCUT2D eigenvalue weighted by molar-refractivity contribution is 6.32. The monoisotopic (exact) mass is 304 g/mol. The molecule has 1 aliphatic rings. The molecule has 110 valence electrons. The molecule has 1 aliphatic carbocycles. The summed E-state index contributed by atoms with van der Waals surface area (Å²) in [5.41, 5.74) is 1.08. The number of hydrogen-bond acceptors (Lipinski definition) is 3. The molecule has 1 saturated carbocycles. The molecule has 1 aromatic carbocycles. The normalized spacial score (nSPS) is 22.2. The minimum Gasteiger partial charge on any atom is -0.391 e. The number of nitrogens with one attached hydrogen (secondary N) is 1. The summed E-state index contributed by atoms with van der Waals surface area (Å²) in [6.45, 7) is 0. The summed E-state index contributed by atoms with van der Waals surface area (Å²) in [5, 5.41) is 14.2. The third-order valence-corrected chi connectivity index (χ3v) is 4.18. The maximum absolute atomic E-state index is 12.5. The van der Waals surface area contributed by atoms with E-state index in [2.05, 4.69) is 10.3 Å². The molecule has 5 heteroatoms. The Morgan fingerprint density at radius 3 is 2.95 bits per heavy atom. The van der Waals surface area contributed by atoms with Gasteiger partial charge in [0.2, 0.25) is 0 Å². The summed E-state index contributed by atoms with van der Waals surface area (Å²) in [7, 11) is 0. The Morgan fingerprint density at radius 2 is 2.14 bits per heavy atom. The Kier molecular flexibility index (Phi) is 4.08. The smallest absolute Gasteiger partial charge is 0.253 e. The van der Waals surface area contributed by atoms with Crippen LogP contribution in [0, 0.1) is 0 Å². The molecule has 1 fully saturated rings. The Balaban J connectivity index is 1.90. The van der Waals surface area contributed by atoms with Gasteiger partial charge in [-0.15, -0.1) is 0 Å². The van der Waals surface area contributed by atoms with Crippen molar-refractivity contribution in [3.63, 3.8) is 0 Å². The average Bonchev–Trinajstić information content (AvgIpc) is 2.48. The highest BCUT2D eigenvalue weighted by Crippen LogP contribution is 2.23. The van der Waals surface area contributed by atoms with Gasteiger partial charge in [0.1, 0.15) is 0 Å². The van der Waals surface area contributed by atoms with Crippen LogP contribution in [0.2, 0.25) is 5.02 Å². The standard InChI is InChI=1S/C16H17ClN2O2/c17-11-8-10-4-3-7-18-15(10)12(9-11)16(21)19-13-5-1-2-6-14(13)20/h3-4,7-9,13-14,20H,1-2,5-6H2,(H,19,21). The van der Waals surface area contributed by atoms with Gasteiger partial charge < -0.3 is 10.4 Å². The van der Waals surface area contributed by atoms with Crippen LogP contribution in [0.3, 0.4) is 0 Å². The van der Waals surface area contributed by atoms with E-state index < -0.39 is 6.10 Å². The van der Waals surface area contributed by atoms with Gasteiger partial charge in [-0.2, -0.15) is 0 Å². The second kappa shape index (κ2) is 6.00. The van der Waals surface area contributed by atoms with E-state index in [4.69, 9.17) is 11.6 Å². The van der Waals surface area contributed by atoms with Crippen LogP contribution in [-0.2, 0) is 0 Å². The van der Waals surface area contributed by atoms with Crippen LogP contribution in [0.25, 0.3) is 10.9 Å². The third kappa shape index (κ3) is 3.01. The zero-order valence-corrected chi connectivity index (χ0v) is 12.3. The zero-order valence-electron chi connectivity index (χ0n) is 11.6. The quantitative estimate of drug-likeness (QED) is 0.896. The van der Waals surface area contributed by atoms with E-state index in [-0.39, 0.29) is 11.9 Å². The fourth-order valence-corrected chi connectivity index (χ4v) is 3.08. The number of amides is 1. The summed E-state index contributed by atoms with van der Waals surface area (Å²) in [6.07, 6.45) is 4.76. The molecule has 4 nitrogen and oxygen atoms in total. The van der Waals surface area contributed by atoms with Gasteiger partial charge in [0.25, 0.3) is 5.91 Å². The van der Waals surface area contributed by atoms with Crippen molar-refractivity contribution in [1.29, 1.82) is 0 Å². The summed E-state index contributed by atoms with van der Waals surface area (Å²) in [5.74, 6) is -0.229. The number of carbonyl (C=O) groups is 1. The lowest BCUT2D eigenvalue weighted by Crippen LogP contribution is -2.45. The van der Waals surface area contributed by atoms with Crippen molar-refractivity contribution in [2.45, 2.75) is 37.8 Å². The van der Waals surface area contributed by atoms with E-state index in [0.29, 0.717) is 16.1 Å². The van der Waals surface area contributed by atoms with Crippen molar-refractivity contribution >= 4 is 28.4 Å². The second-order valence-corrected chi connectivity index (χ2v) is 5.90. The second-order valence-electron chi connectivity index (χ2n) is 5.46.